The Morgan fingerprint density at radius 2 is 1.55 bits per heavy atom. The average molecular weight is 413 g/mol. The molecular formula is C25H23N3O3. The summed E-state index contributed by atoms with van der Waals surface area (Å²) in [6.07, 6.45) is 0. The summed E-state index contributed by atoms with van der Waals surface area (Å²) in [6.45, 7) is 1.72. The van der Waals surface area contributed by atoms with Gasteiger partial charge in [-0.05, 0) is 35.7 Å². The van der Waals surface area contributed by atoms with Gasteiger partial charge >= 0.3 is 6.03 Å². The summed E-state index contributed by atoms with van der Waals surface area (Å²) in [4.78, 5) is 25.4. The molecule has 4 rings (SSSR count). The fraction of sp³-hybridized carbons (Fsp3) is 0.120. The van der Waals surface area contributed by atoms with Crippen LogP contribution in [0.25, 0.3) is 11.1 Å². The van der Waals surface area contributed by atoms with Crippen LogP contribution in [-0.4, -0.2) is 19.0 Å². The van der Waals surface area contributed by atoms with Crippen molar-refractivity contribution in [1.82, 2.24) is 10.6 Å². The molecule has 0 bridgehead atoms. The number of benzene rings is 3. The number of carbonyl (C=O) groups excluding carboxylic acids is 2. The Morgan fingerprint density at radius 3 is 2.26 bits per heavy atom. The molecule has 0 saturated carbocycles. The second-order valence-electron chi connectivity index (χ2n) is 7.21. The SMILES string of the molecule is COc1ccccc1NC(=O)C1=C(C)NC(=O)NC1c1ccc(-c2ccccc2)cc1. The number of carbonyl (C=O) groups is 2. The molecule has 0 aliphatic carbocycles. The van der Waals surface area contributed by atoms with Crippen LogP contribution in [0.1, 0.15) is 18.5 Å². The number of allylic oxidation sites excluding steroid dienone is 1. The number of nitrogens with one attached hydrogen (secondary N) is 3. The molecule has 1 heterocycles. The molecule has 156 valence electrons. The van der Waals surface area contributed by atoms with Gasteiger partial charge in [-0.3, -0.25) is 4.79 Å². The Kier molecular flexibility index (Phi) is 5.71. The number of rotatable bonds is 5. The van der Waals surface area contributed by atoms with Gasteiger partial charge in [0.25, 0.3) is 5.91 Å². The second kappa shape index (κ2) is 8.75. The van der Waals surface area contributed by atoms with Crippen LogP contribution in [0, 0.1) is 0 Å². The molecule has 3 aromatic rings. The molecule has 0 spiro atoms. The molecule has 0 radical (unpaired) electrons. The largest absolute Gasteiger partial charge is 0.495 e. The maximum Gasteiger partial charge on any atom is 0.319 e. The molecule has 31 heavy (non-hydrogen) atoms. The normalized spacial score (nSPS) is 15.7. The average Bonchev–Trinajstić information content (AvgIpc) is 2.79. The number of hydrogen-bond acceptors (Lipinski definition) is 3. The zero-order valence-electron chi connectivity index (χ0n) is 17.3. The topological polar surface area (TPSA) is 79.5 Å². The minimum atomic E-state index is -0.576. The van der Waals surface area contributed by atoms with Crippen molar-refractivity contribution >= 4 is 17.6 Å². The first kappa shape index (κ1) is 20.2. The Labute approximate surface area is 180 Å². The number of anilines is 1. The summed E-state index contributed by atoms with van der Waals surface area (Å²) in [6, 6.07) is 24.2. The lowest BCUT2D eigenvalue weighted by Crippen LogP contribution is -2.45. The van der Waals surface area contributed by atoms with Gasteiger partial charge in [0.15, 0.2) is 0 Å². The van der Waals surface area contributed by atoms with Gasteiger partial charge in [-0.15, -0.1) is 0 Å². The van der Waals surface area contributed by atoms with Crippen molar-refractivity contribution in [3.8, 4) is 16.9 Å². The van der Waals surface area contributed by atoms with Crippen LogP contribution in [-0.2, 0) is 4.79 Å². The molecule has 3 amide bonds. The van der Waals surface area contributed by atoms with Crippen molar-refractivity contribution in [2.75, 3.05) is 12.4 Å². The first-order valence-corrected chi connectivity index (χ1v) is 9.95. The smallest absolute Gasteiger partial charge is 0.319 e. The second-order valence-corrected chi connectivity index (χ2v) is 7.21. The van der Waals surface area contributed by atoms with E-state index in [0.29, 0.717) is 22.7 Å². The monoisotopic (exact) mass is 413 g/mol. The van der Waals surface area contributed by atoms with Crippen molar-refractivity contribution < 1.29 is 14.3 Å². The highest BCUT2D eigenvalue weighted by Gasteiger charge is 2.31. The Balaban J connectivity index is 1.65. The van der Waals surface area contributed by atoms with Gasteiger partial charge in [-0.1, -0.05) is 66.7 Å². The lowest BCUT2D eigenvalue weighted by atomic mass is 9.93. The highest BCUT2D eigenvalue weighted by Crippen LogP contribution is 2.31. The molecule has 1 aliphatic rings. The van der Waals surface area contributed by atoms with Crippen molar-refractivity contribution in [2.24, 2.45) is 0 Å². The maximum atomic E-state index is 13.2. The number of urea groups is 1. The highest BCUT2D eigenvalue weighted by molar-refractivity contribution is 6.07. The highest BCUT2D eigenvalue weighted by atomic mass is 16.5. The van der Waals surface area contributed by atoms with E-state index in [4.69, 9.17) is 4.74 Å². The molecule has 6 nitrogen and oxygen atoms in total. The lowest BCUT2D eigenvalue weighted by molar-refractivity contribution is -0.113. The van der Waals surface area contributed by atoms with Crippen molar-refractivity contribution in [3.05, 3.63) is 95.7 Å². The number of methoxy groups -OCH3 is 1. The Hall–Kier alpha value is -4.06. The molecular weight excluding hydrogens is 390 g/mol. The van der Waals surface area contributed by atoms with E-state index in [2.05, 4.69) is 16.0 Å². The summed E-state index contributed by atoms with van der Waals surface area (Å²) in [7, 11) is 1.55. The predicted molar refractivity (Wildman–Crippen MR) is 121 cm³/mol. The third-order valence-electron chi connectivity index (χ3n) is 5.22. The third kappa shape index (κ3) is 4.28. The number of para-hydroxylation sites is 2. The van der Waals surface area contributed by atoms with E-state index >= 15 is 0 Å². The number of ether oxygens (including phenoxy) is 1. The molecule has 0 saturated heterocycles. The van der Waals surface area contributed by atoms with Crippen LogP contribution in [0.15, 0.2) is 90.1 Å². The van der Waals surface area contributed by atoms with E-state index in [9.17, 15) is 9.59 Å². The van der Waals surface area contributed by atoms with Crippen LogP contribution in [0.4, 0.5) is 10.5 Å². The number of hydrogen-bond donors (Lipinski definition) is 3. The minimum absolute atomic E-state index is 0.313. The molecule has 6 heteroatoms. The van der Waals surface area contributed by atoms with Gasteiger partial charge in [0.05, 0.1) is 24.4 Å². The predicted octanol–water partition coefficient (Wildman–Crippen LogP) is 4.63. The Bertz CT molecular complexity index is 1140. The van der Waals surface area contributed by atoms with Crippen LogP contribution in [0.5, 0.6) is 5.75 Å². The Morgan fingerprint density at radius 1 is 0.903 bits per heavy atom. The van der Waals surface area contributed by atoms with E-state index in [1.807, 2.05) is 66.7 Å². The van der Waals surface area contributed by atoms with Crippen LogP contribution >= 0.6 is 0 Å². The quantitative estimate of drug-likeness (QED) is 0.571. The molecule has 3 N–H and O–H groups in total. The van der Waals surface area contributed by atoms with E-state index in [1.165, 1.54) is 0 Å². The van der Waals surface area contributed by atoms with Crippen molar-refractivity contribution in [3.63, 3.8) is 0 Å². The summed E-state index contributed by atoms with van der Waals surface area (Å²) in [5.41, 5.74) is 4.49. The molecule has 1 atom stereocenters. The lowest BCUT2D eigenvalue weighted by Gasteiger charge is -2.29. The van der Waals surface area contributed by atoms with Gasteiger partial charge in [-0.2, -0.15) is 0 Å². The van der Waals surface area contributed by atoms with Crippen molar-refractivity contribution in [1.29, 1.82) is 0 Å². The molecule has 1 unspecified atom stereocenters. The molecule has 0 fully saturated rings. The molecule has 1 aliphatic heterocycles. The fourth-order valence-corrected chi connectivity index (χ4v) is 3.68. The van der Waals surface area contributed by atoms with Gasteiger partial charge in [0, 0.05) is 5.70 Å². The summed E-state index contributed by atoms with van der Waals surface area (Å²) >= 11 is 0. The zero-order chi connectivity index (χ0) is 21.8. The van der Waals surface area contributed by atoms with Crippen LogP contribution < -0.4 is 20.7 Å². The third-order valence-corrected chi connectivity index (χ3v) is 5.22. The fourth-order valence-electron chi connectivity index (χ4n) is 3.68. The maximum absolute atomic E-state index is 13.2. The minimum Gasteiger partial charge on any atom is -0.495 e. The molecule has 3 aromatic carbocycles. The van der Waals surface area contributed by atoms with Gasteiger partial charge in [0.2, 0.25) is 0 Å². The first-order chi connectivity index (χ1) is 15.1. The standard InChI is InChI=1S/C25H23N3O3/c1-16-22(24(29)27-20-10-6-7-11-21(20)31-2)23(28-25(30)26-16)19-14-12-18(13-15-19)17-8-4-3-5-9-17/h3-15,23H,1-2H3,(H,27,29)(H2,26,28,30). The van der Waals surface area contributed by atoms with E-state index in [0.717, 1.165) is 16.7 Å². The van der Waals surface area contributed by atoms with Gasteiger partial charge < -0.3 is 20.7 Å². The zero-order valence-corrected chi connectivity index (χ0v) is 17.3. The number of amides is 3. The van der Waals surface area contributed by atoms with Crippen LogP contribution in [0.3, 0.4) is 0 Å². The first-order valence-electron chi connectivity index (χ1n) is 9.95. The van der Waals surface area contributed by atoms with Crippen molar-refractivity contribution in [2.45, 2.75) is 13.0 Å². The van der Waals surface area contributed by atoms with Crippen LogP contribution in [0.2, 0.25) is 0 Å². The summed E-state index contributed by atoms with van der Waals surface area (Å²) in [5.74, 6) is 0.248. The van der Waals surface area contributed by atoms with E-state index in [1.54, 1.807) is 26.2 Å². The molecule has 0 aromatic heterocycles. The van der Waals surface area contributed by atoms with Gasteiger partial charge in [0.1, 0.15) is 5.75 Å². The van der Waals surface area contributed by atoms with Gasteiger partial charge in [-0.25, -0.2) is 4.79 Å². The van der Waals surface area contributed by atoms with E-state index < -0.39 is 6.04 Å². The summed E-state index contributed by atoms with van der Waals surface area (Å²) < 4.78 is 5.33. The summed E-state index contributed by atoms with van der Waals surface area (Å²) in [5, 5.41) is 8.47. The van der Waals surface area contributed by atoms with E-state index in [-0.39, 0.29) is 11.9 Å².